The van der Waals surface area contributed by atoms with Crippen molar-refractivity contribution < 1.29 is 9.47 Å². The van der Waals surface area contributed by atoms with Crippen LogP contribution in [0, 0.1) is 34.6 Å². The third-order valence-electron chi connectivity index (χ3n) is 9.02. The molecule has 12 nitrogen and oxygen atoms in total. The fraction of sp³-hybridized carbons (Fsp3) is 0.136. The summed E-state index contributed by atoms with van der Waals surface area (Å²) in [5.74, 6) is 5.31. The second-order valence-electron chi connectivity index (χ2n) is 13.8. The van der Waals surface area contributed by atoms with Crippen LogP contribution >= 0.6 is 0 Å². The molecule has 4 N–H and O–H groups in total. The number of pyridine rings is 2. The average molecular weight is 741 g/mol. The minimum atomic E-state index is 0.538. The third-order valence-corrected chi connectivity index (χ3v) is 9.02. The van der Waals surface area contributed by atoms with Gasteiger partial charge in [0.1, 0.15) is 23.0 Å². The Kier molecular flexibility index (Phi) is 9.91. The topological polar surface area (TPSA) is 151 Å². The van der Waals surface area contributed by atoms with Crippen LogP contribution in [0.5, 0.6) is 23.0 Å². The second-order valence-corrected chi connectivity index (χ2v) is 13.8. The molecule has 0 aliphatic carbocycles. The van der Waals surface area contributed by atoms with Crippen molar-refractivity contribution in [1.82, 2.24) is 40.3 Å². The molecule has 0 saturated heterocycles. The van der Waals surface area contributed by atoms with E-state index >= 15 is 0 Å². The Morgan fingerprint density at radius 1 is 0.518 bits per heavy atom. The molecule has 4 heterocycles. The van der Waals surface area contributed by atoms with Crippen molar-refractivity contribution in [3.05, 3.63) is 155 Å². The molecule has 0 fully saturated rings. The Hall–Kier alpha value is -7.34. The number of anilines is 4. The van der Waals surface area contributed by atoms with Crippen molar-refractivity contribution in [3.8, 4) is 45.8 Å². The number of hydrogen-bond acceptors (Lipinski definition) is 10. The predicted molar refractivity (Wildman–Crippen MR) is 218 cm³/mol. The molecular weight excluding hydrogens is 701 g/mol. The summed E-state index contributed by atoms with van der Waals surface area (Å²) < 4.78 is 12.3. The van der Waals surface area contributed by atoms with E-state index in [1.54, 1.807) is 6.20 Å². The van der Waals surface area contributed by atoms with E-state index in [1.165, 1.54) is 11.1 Å². The monoisotopic (exact) mass is 740 g/mol. The van der Waals surface area contributed by atoms with Crippen LogP contribution in [0.3, 0.4) is 0 Å². The largest absolute Gasteiger partial charge is 0.457 e. The Balaban J connectivity index is 0.900. The lowest BCUT2D eigenvalue weighted by molar-refractivity contribution is 0.480. The first-order chi connectivity index (χ1) is 27.2. The zero-order valence-electron chi connectivity index (χ0n) is 31.7. The molecule has 278 valence electrons. The normalized spacial score (nSPS) is 11.0. The van der Waals surface area contributed by atoms with Crippen molar-refractivity contribution in [2.75, 3.05) is 10.6 Å². The molecule has 4 aromatic carbocycles. The highest BCUT2D eigenvalue weighted by Crippen LogP contribution is 2.29. The second kappa shape index (κ2) is 15.6. The minimum Gasteiger partial charge on any atom is -0.457 e. The highest BCUT2D eigenvalue weighted by Gasteiger charge is 2.12. The fourth-order valence-corrected chi connectivity index (χ4v) is 6.42. The number of H-pyrrole nitrogens is 2. The van der Waals surface area contributed by atoms with Crippen molar-refractivity contribution >= 4 is 23.3 Å². The summed E-state index contributed by atoms with van der Waals surface area (Å²) in [6.07, 6.45) is 2.35. The van der Waals surface area contributed by atoms with E-state index in [0.717, 1.165) is 62.2 Å². The standard InChI is InChI=1S/C44H40N10O2/c1-26-18-27(2)20-35(19-26)48-44-50-42(52-54-44)32-9-14-38(15-10-32)56-40-22-30(5)46-36(25-40)24-33-23-34(11-6-28(33)3)47-43-49-41(51-53-43)31-7-12-37(13-8-31)55-39-16-17-45-29(4)21-39/h6-23,25H,24H2,1-5H3,(H2,47,49,51,53)(H2,48,50,52,54). The molecule has 0 aliphatic rings. The van der Waals surface area contributed by atoms with Gasteiger partial charge in [0.05, 0.1) is 0 Å². The van der Waals surface area contributed by atoms with E-state index in [4.69, 9.17) is 14.5 Å². The number of nitrogens with zero attached hydrogens (tertiary/aromatic N) is 6. The molecule has 0 atom stereocenters. The van der Waals surface area contributed by atoms with E-state index in [0.29, 0.717) is 41.5 Å². The van der Waals surface area contributed by atoms with Gasteiger partial charge in [0.2, 0.25) is 11.9 Å². The maximum atomic E-state index is 6.30. The van der Waals surface area contributed by atoms with Crippen LogP contribution in [-0.4, -0.2) is 40.3 Å². The third kappa shape index (κ3) is 8.71. The van der Waals surface area contributed by atoms with Gasteiger partial charge in [-0.1, -0.05) is 12.1 Å². The molecule has 0 bridgehead atoms. The average Bonchev–Trinajstić information content (AvgIpc) is 3.83. The summed E-state index contributed by atoms with van der Waals surface area (Å²) in [4.78, 5) is 15.6. The first kappa shape index (κ1) is 35.7. The molecule has 0 spiro atoms. The maximum absolute atomic E-state index is 6.30. The number of aryl methyl sites for hydroxylation is 5. The van der Waals surface area contributed by atoms with E-state index in [9.17, 15) is 0 Å². The van der Waals surface area contributed by atoms with Gasteiger partial charge >= 0.3 is 0 Å². The molecule has 8 rings (SSSR count). The fourth-order valence-electron chi connectivity index (χ4n) is 6.42. The smallest absolute Gasteiger partial charge is 0.226 e. The number of nitrogens with one attached hydrogen (secondary N) is 4. The highest BCUT2D eigenvalue weighted by molar-refractivity contribution is 5.63. The Morgan fingerprint density at radius 2 is 1.11 bits per heavy atom. The zero-order valence-corrected chi connectivity index (χ0v) is 31.7. The van der Waals surface area contributed by atoms with E-state index in [2.05, 4.69) is 97.1 Å². The lowest BCUT2D eigenvalue weighted by atomic mass is 10.0. The minimum absolute atomic E-state index is 0.538. The van der Waals surface area contributed by atoms with Crippen molar-refractivity contribution in [3.63, 3.8) is 0 Å². The molecule has 0 amide bonds. The summed E-state index contributed by atoms with van der Waals surface area (Å²) >= 11 is 0. The highest BCUT2D eigenvalue weighted by atomic mass is 16.5. The predicted octanol–water partition coefficient (Wildman–Crippen LogP) is 10.3. The van der Waals surface area contributed by atoms with E-state index in [-0.39, 0.29) is 0 Å². The summed E-state index contributed by atoms with van der Waals surface area (Å²) in [5.41, 5.74) is 10.9. The quantitative estimate of drug-likeness (QED) is 0.0952. The molecule has 4 aromatic heterocycles. The van der Waals surface area contributed by atoms with Crippen LogP contribution in [0.2, 0.25) is 0 Å². The van der Waals surface area contributed by atoms with Gasteiger partial charge in [0, 0.05) is 70.4 Å². The Morgan fingerprint density at radius 3 is 1.73 bits per heavy atom. The Labute approximate surface area is 324 Å². The van der Waals surface area contributed by atoms with Gasteiger partial charge in [-0.2, -0.15) is 0 Å². The van der Waals surface area contributed by atoms with E-state index in [1.807, 2.05) is 92.7 Å². The molecule has 0 unspecified atom stereocenters. The first-order valence-corrected chi connectivity index (χ1v) is 18.2. The number of benzene rings is 4. The van der Waals surface area contributed by atoms with Gasteiger partial charge in [-0.3, -0.25) is 9.97 Å². The van der Waals surface area contributed by atoms with Gasteiger partial charge in [0.15, 0.2) is 11.6 Å². The number of ether oxygens (including phenoxy) is 2. The number of aromatic amines is 2. The SMILES string of the molecule is Cc1cc(C)cc(Nc2nnc(-c3ccc(Oc4cc(C)nc(Cc5cc(Nc6nnc(-c7ccc(Oc8ccnc(C)c8)cc7)[nH]6)ccc5C)c4)cc3)[nH]2)c1. The lowest BCUT2D eigenvalue weighted by Gasteiger charge is -2.12. The summed E-state index contributed by atoms with van der Waals surface area (Å²) in [6, 6.07) is 35.6. The summed E-state index contributed by atoms with van der Waals surface area (Å²) in [6.45, 7) is 10.1. The van der Waals surface area contributed by atoms with Crippen molar-refractivity contribution in [2.45, 2.75) is 41.0 Å². The van der Waals surface area contributed by atoms with Gasteiger partial charge < -0.3 is 30.1 Å². The van der Waals surface area contributed by atoms with Crippen LogP contribution in [0.4, 0.5) is 23.3 Å². The lowest BCUT2D eigenvalue weighted by Crippen LogP contribution is -2.00. The molecule has 0 saturated carbocycles. The Bertz CT molecular complexity index is 2610. The maximum Gasteiger partial charge on any atom is 0.226 e. The van der Waals surface area contributed by atoms with Gasteiger partial charge in [-0.05, 0) is 136 Å². The van der Waals surface area contributed by atoms with Crippen molar-refractivity contribution in [1.29, 1.82) is 0 Å². The van der Waals surface area contributed by atoms with Crippen LogP contribution < -0.4 is 20.1 Å². The van der Waals surface area contributed by atoms with Gasteiger partial charge in [0.25, 0.3) is 0 Å². The molecule has 8 aromatic rings. The first-order valence-electron chi connectivity index (χ1n) is 18.2. The van der Waals surface area contributed by atoms with Crippen LogP contribution in [-0.2, 0) is 6.42 Å². The van der Waals surface area contributed by atoms with Crippen LogP contribution in [0.1, 0.15) is 39.3 Å². The number of aromatic nitrogens is 8. The van der Waals surface area contributed by atoms with Gasteiger partial charge in [-0.25, -0.2) is 0 Å². The molecule has 56 heavy (non-hydrogen) atoms. The summed E-state index contributed by atoms with van der Waals surface area (Å²) in [7, 11) is 0. The number of rotatable bonds is 12. The van der Waals surface area contributed by atoms with Crippen LogP contribution in [0.15, 0.2) is 115 Å². The van der Waals surface area contributed by atoms with Gasteiger partial charge in [-0.15, -0.1) is 20.4 Å². The summed E-state index contributed by atoms with van der Waals surface area (Å²) in [5, 5.41) is 24.0. The molecule has 0 radical (unpaired) electrons. The molecular formula is C44H40N10O2. The molecule has 0 aliphatic heterocycles. The zero-order chi connectivity index (χ0) is 38.6. The number of hydrogen-bond donors (Lipinski definition) is 4. The van der Waals surface area contributed by atoms with E-state index < -0.39 is 0 Å². The van der Waals surface area contributed by atoms with Crippen molar-refractivity contribution in [2.24, 2.45) is 0 Å². The molecule has 12 heteroatoms. The van der Waals surface area contributed by atoms with Crippen LogP contribution in [0.25, 0.3) is 22.8 Å².